The van der Waals surface area contributed by atoms with Gasteiger partial charge in [0.1, 0.15) is 5.82 Å². The van der Waals surface area contributed by atoms with E-state index in [1.54, 1.807) is 24.3 Å². The highest BCUT2D eigenvalue weighted by molar-refractivity contribution is 7.89. The maximum atomic E-state index is 13.1. The van der Waals surface area contributed by atoms with Gasteiger partial charge in [-0.15, -0.1) is 0 Å². The summed E-state index contributed by atoms with van der Waals surface area (Å²) in [5, 5.41) is 2.67. The molecule has 2 aromatic carbocycles. The topological polar surface area (TPSA) is 75.3 Å². The summed E-state index contributed by atoms with van der Waals surface area (Å²) in [6, 6.07) is 10.6. The summed E-state index contributed by atoms with van der Waals surface area (Å²) in [7, 11) is -3.48. The van der Waals surface area contributed by atoms with Crippen molar-refractivity contribution < 1.29 is 17.6 Å². The lowest BCUT2D eigenvalue weighted by Gasteiger charge is -2.05. The van der Waals surface area contributed by atoms with Crippen molar-refractivity contribution in [2.45, 2.75) is 30.3 Å². The van der Waals surface area contributed by atoms with Crippen LogP contribution in [-0.4, -0.2) is 20.4 Å². The molecule has 0 spiro atoms. The first-order chi connectivity index (χ1) is 12.8. The Hall–Kier alpha value is -2.22. The van der Waals surface area contributed by atoms with E-state index >= 15 is 0 Å². The van der Waals surface area contributed by atoms with Gasteiger partial charge in [0.25, 0.3) is 0 Å². The van der Waals surface area contributed by atoms with Gasteiger partial charge in [-0.05, 0) is 54.3 Å². The Morgan fingerprint density at radius 2 is 1.89 bits per heavy atom. The number of benzene rings is 2. The molecule has 1 saturated carbocycles. The number of halogens is 2. The van der Waals surface area contributed by atoms with Gasteiger partial charge in [0.2, 0.25) is 15.9 Å². The number of hydrogen-bond acceptors (Lipinski definition) is 3. The maximum absolute atomic E-state index is 13.1. The Balaban J connectivity index is 1.55. The van der Waals surface area contributed by atoms with Gasteiger partial charge in [-0.3, -0.25) is 4.79 Å². The van der Waals surface area contributed by atoms with Crippen LogP contribution in [0.1, 0.15) is 24.0 Å². The van der Waals surface area contributed by atoms with Gasteiger partial charge in [0, 0.05) is 18.7 Å². The summed E-state index contributed by atoms with van der Waals surface area (Å²) in [5.41, 5.74) is 1.38. The Bertz CT molecular complexity index is 971. The molecule has 0 unspecified atom stereocenters. The van der Waals surface area contributed by atoms with E-state index in [4.69, 9.17) is 11.6 Å². The molecule has 2 aromatic rings. The van der Waals surface area contributed by atoms with Crippen molar-refractivity contribution in [3.8, 4) is 0 Å². The van der Waals surface area contributed by atoms with Crippen LogP contribution in [0, 0.1) is 5.82 Å². The van der Waals surface area contributed by atoms with Crippen molar-refractivity contribution in [3.05, 3.63) is 70.5 Å². The Kier molecular flexibility index (Phi) is 5.94. The molecule has 0 radical (unpaired) electrons. The average Bonchev–Trinajstić information content (AvgIpc) is 3.44. The first-order valence-electron chi connectivity index (χ1n) is 8.36. The lowest BCUT2D eigenvalue weighted by molar-refractivity contribution is -0.116. The van der Waals surface area contributed by atoms with Crippen molar-refractivity contribution in [2.24, 2.45) is 0 Å². The van der Waals surface area contributed by atoms with Gasteiger partial charge < -0.3 is 5.32 Å². The van der Waals surface area contributed by atoms with E-state index in [-0.39, 0.29) is 28.4 Å². The van der Waals surface area contributed by atoms with Crippen LogP contribution in [-0.2, 0) is 21.4 Å². The fraction of sp³-hybridized carbons (Fsp3) is 0.211. The fourth-order valence-corrected chi connectivity index (χ4v) is 3.82. The number of rotatable bonds is 7. The smallest absolute Gasteiger partial charge is 0.244 e. The number of nitrogens with one attached hydrogen (secondary N) is 2. The Morgan fingerprint density at radius 1 is 1.19 bits per heavy atom. The quantitative estimate of drug-likeness (QED) is 0.690. The highest BCUT2D eigenvalue weighted by Crippen LogP contribution is 2.22. The van der Waals surface area contributed by atoms with Gasteiger partial charge in [-0.2, -0.15) is 0 Å². The zero-order chi connectivity index (χ0) is 19.4. The minimum absolute atomic E-state index is 0.00325. The molecule has 0 aromatic heterocycles. The molecule has 1 fully saturated rings. The zero-order valence-electron chi connectivity index (χ0n) is 14.3. The third-order valence-corrected chi connectivity index (χ3v) is 5.79. The van der Waals surface area contributed by atoms with Crippen LogP contribution in [0.25, 0.3) is 6.08 Å². The standard InChI is InChI=1S/C19H18ClFN2O3S/c20-17-11-14(3-9-18(17)21)12-22-19(24)10-4-13-1-7-16(8-2-13)27(25,26)23-15-5-6-15/h1-4,7-11,15,23H,5-6,12H2,(H,22,24). The van der Waals surface area contributed by atoms with Crippen LogP contribution in [0.3, 0.4) is 0 Å². The highest BCUT2D eigenvalue weighted by atomic mass is 35.5. The monoisotopic (exact) mass is 408 g/mol. The Morgan fingerprint density at radius 3 is 2.52 bits per heavy atom. The predicted octanol–water partition coefficient (Wildman–Crippen LogP) is 3.25. The number of amides is 1. The van der Waals surface area contributed by atoms with E-state index < -0.39 is 15.8 Å². The number of carbonyl (C=O) groups is 1. The van der Waals surface area contributed by atoms with Gasteiger partial charge in [-0.1, -0.05) is 29.8 Å². The maximum Gasteiger partial charge on any atom is 0.244 e. The third kappa shape index (κ3) is 5.63. The van der Waals surface area contributed by atoms with Crippen molar-refractivity contribution in [1.82, 2.24) is 10.0 Å². The van der Waals surface area contributed by atoms with Crippen LogP contribution in [0.4, 0.5) is 4.39 Å². The van der Waals surface area contributed by atoms with E-state index in [9.17, 15) is 17.6 Å². The van der Waals surface area contributed by atoms with E-state index in [1.807, 2.05) is 0 Å². The van der Waals surface area contributed by atoms with Gasteiger partial charge in [0.05, 0.1) is 9.92 Å². The molecular formula is C19H18ClFN2O3S. The molecule has 2 N–H and O–H groups in total. The molecule has 27 heavy (non-hydrogen) atoms. The molecule has 1 aliphatic carbocycles. The molecule has 0 atom stereocenters. The number of hydrogen-bond donors (Lipinski definition) is 2. The molecule has 0 saturated heterocycles. The normalized spacial score (nSPS) is 14.4. The van der Waals surface area contributed by atoms with Crippen LogP contribution in [0.5, 0.6) is 0 Å². The van der Waals surface area contributed by atoms with Gasteiger partial charge in [-0.25, -0.2) is 17.5 Å². The largest absolute Gasteiger partial charge is 0.348 e. The van der Waals surface area contributed by atoms with E-state index in [2.05, 4.69) is 10.0 Å². The summed E-state index contributed by atoms with van der Waals surface area (Å²) >= 11 is 5.70. The summed E-state index contributed by atoms with van der Waals surface area (Å²) in [6.07, 6.45) is 4.67. The lowest BCUT2D eigenvalue weighted by atomic mass is 10.2. The highest BCUT2D eigenvalue weighted by Gasteiger charge is 2.27. The van der Waals surface area contributed by atoms with Gasteiger partial charge >= 0.3 is 0 Å². The number of sulfonamides is 1. The van der Waals surface area contributed by atoms with Crippen LogP contribution in [0.15, 0.2) is 53.4 Å². The summed E-state index contributed by atoms with van der Waals surface area (Å²) in [6.45, 7) is 0.215. The minimum Gasteiger partial charge on any atom is -0.348 e. The fourth-order valence-electron chi connectivity index (χ4n) is 2.32. The zero-order valence-corrected chi connectivity index (χ0v) is 15.9. The van der Waals surface area contributed by atoms with Crippen LogP contribution in [0.2, 0.25) is 5.02 Å². The van der Waals surface area contributed by atoms with E-state index in [1.165, 1.54) is 30.3 Å². The van der Waals surface area contributed by atoms with E-state index in [0.717, 1.165) is 12.8 Å². The molecule has 0 heterocycles. The molecule has 0 aliphatic heterocycles. The molecule has 3 rings (SSSR count). The molecule has 1 aliphatic rings. The Labute approximate surface area is 162 Å². The number of carbonyl (C=O) groups excluding carboxylic acids is 1. The van der Waals surface area contributed by atoms with Crippen molar-refractivity contribution in [3.63, 3.8) is 0 Å². The lowest BCUT2D eigenvalue weighted by Crippen LogP contribution is -2.25. The first kappa shape index (κ1) is 19.5. The first-order valence-corrected chi connectivity index (χ1v) is 10.2. The SMILES string of the molecule is O=C(C=Cc1ccc(S(=O)(=O)NC2CC2)cc1)NCc1ccc(F)c(Cl)c1. The predicted molar refractivity (Wildman–Crippen MR) is 102 cm³/mol. The summed E-state index contributed by atoms with van der Waals surface area (Å²) in [5.74, 6) is -0.841. The summed E-state index contributed by atoms with van der Waals surface area (Å²) in [4.78, 5) is 12.1. The molecule has 1 amide bonds. The molecule has 8 heteroatoms. The third-order valence-electron chi connectivity index (χ3n) is 3.97. The minimum atomic E-state index is -3.48. The molecule has 142 valence electrons. The summed E-state index contributed by atoms with van der Waals surface area (Å²) < 4.78 is 39.9. The van der Waals surface area contributed by atoms with Crippen molar-refractivity contribution in [2.75, 3.05) is 0 Å². The average molecular weight is 409 g/mol. The second-order valence-electron chi connectivity index (χ2n) is 6.26. The van der Waals surface area contributed by atoms with Crippen LogP contribution < -0.4 is 10.0 Å². The second-order valence-corrected chi connectivity index (χ2v) is 8.39. The molecule has 5 nitrogen and oxygen atoms in total. The van der Waals surface area contributed by atoms with Crippen LogP contribution >= 0.6 is 11.6 Å². The second kappa shape index (κ2) is 8.21. The molecular weight excluding hydrogens is 391 g/mol. The van der Waals surface area contributed by atoms with Crippen molar-refractivity contribution in [1.29, 1.82) is 0 Å². The molecule has 0 bridgehead atoms. The van der Waals surface area contributed by atoms with Crippen molar-refractivity contribution >= 4 is 33.6 Å². The van der Waals surface area contributed by atoms with Gasteiger partial charge in [0.15, 0.2) is 0 Å². The van der Waals surface area contributed by atoms with E-state index in [0.29, 0.717) is 11.1 Å².